The lowest BCUT2D eigenvalue weighted by Gasteiger charge is -2.22. The summed E-state index contributed by atoms with van der Waals surface area (Å²) in [7, 11) is -4.15. The minimum Gasteiger partial charge on any atom is -0.258 e. The number of rotatable bonds is 7. The van der Waals surface area contributed by atoms with Crippen molar-refractivity contribution >= 4 is 15.7 Å². The number of nitro benzene ring substituents is 1. The largest absolute Gasteiger partial charge is 0.324 e. The van der Waals surface area contributed by atoms with Gasteiger partial charge in [0.05, 0.1) is 4.92 Å². The summed E-state index contributed by atoms with van der Waals surface area (Å²) in [5.74, 6) is -1.06. The van der Waals surface area contributed by atoms with E-state index in [1.807, 2.05) is 13.8 Å². The zero-order chi connectivity index (χ0) is 16.2. The van der Waals surface area contributed by atoms with Crippen LogP contribution in [0.1, 0.15) is 33.6 Å². The van der Waals surface area contributed by atoms with Crippen LogP contribution in [0.3, 0.4) is 0 Å². The Labute approximate surface area is 123 Å². The Bertz CT molecular complexity index is 615. The summed E-state index contributed by atoms with van der Waals surface area (Å²) in [4.78, 5) is 9.22. The molecule has 0 aliphatic carbocycles. The van der Waals surface area contributed by atoms with E-state index in [0.29, 0.717) is 0 Å². The van der Waals surface area contributed by atoms with Crippen LogP contribution in [0, 0.1) is 21.8 Å². The summed E-state index contributed by atoms with van der Waals surface area (Å²) in [5.41, 5.74) is -1.03. The van der Waals surface area contributed by atoms with Gasteiger partial charge in [0, 0.05) is 6.04 Å². The monoisotopic (exact) mass is 318 g/mol. The zero-order valence-corrected chi connectivity index (χ0v) is 13.0. The van der Waals surface area contributed by atoms with Gasteiger partial charge in [-0.05, 0) is 25.0 Å². The Kier molecular flexibility index (Phi) is 5.79. The van der Waals surface area contributed by atoms with Gasteiger partial charge in [-0.1, -0.05) is 32.8 Å². The van der Waals surface area contributed by atoms with Crippen molar-refractivity contribution < 1.29 is 17.7 Å². The van der Waals surface area contributed by atoms with E-state index in [2.05, 4.69) is 4.72 Å². The summed E-state index contributed by atoms with van der Waals surface area (Å²) in [6.45, 7) is 5.56. The van der Waals surface area contributed by atoms with Gasteiger partial charge < -0.3 is 0 Å². The van der Waals surface area contributed by atoms with Crippen LogP contribution < -0.4 is 4.72 Å². The van der Waals surface area contributed by atoms with Crippen molar-refractivity contribution in [3.63, 3.8) is 0 Å². The molecule has 0 aliphatic heterocycles. The normalized spacial score (nSPS) is 13.4. The van der Waals surface area contributed by atoms with E-state index in [9.17, 15) is 22.9 Å². The Hall–Kier alpha value is -1.54. The molecule has 0 saturated carbocycles. The summed E-state index contributed by atoms with van der Waals surface area (Å²) < 4.78 is 40.5. The lowest BCUT2D eigenvalue weighted by Crippen LogP contribution is -2.38. The highest BCUT2D eigenvalue weighted by Gasteiger charge is 2.31. The molecule has 0 heterocycles. The first-order chi connectivity index (χ1) is 9.74. The highest BCUT2D eigenvalue weighted by atomic mass is 32.2. The third-order valence-corrected chi connectivity index (χ3v) is 5.11. The van der Waals surface area contributed by atoms with Crippen LogP contribution >= 0.6 is 0 Å². The van der Waals surface area contributed by atoms with Crippen LogP contribution in [-0.2, 0) is 10.0 Å². The molecule has 0 radical (unpaired) electrons. The van der Waals surface area contributed by atoms with Crippen molar-refractivity contribution in [1.82, 2.24) is 4.72 Å². The van der Waals surface area contributed by atoms with Crippen LogP contribution in [0.25, 0.3) is 0 Å². The minimum atomic E-state index is -4.15. The van der Waals surface area contributed by atoms with Crippen molar-refractivity contribution in [2.24, 2.45) is 5.92 Å². The molecule has 0 fully saturated rings. The molecule has 0 aliphatic rings. The average Bonchev–Trinajstić information content (AvgIpc) is 2.38. The standard InChI is InChI=1S/C13H19FN2O4S/c1-4-10(5-2)9(3)15-21(19,20)12-8-6-7-11(14)13(12)16(17)18/h6-10,15H,4-5H2,1-3H3. The van der Waals surface area contributed by atoms with Crippen molar-refractivity contribution in [3.05, 3.63) is 34.1 Å². The van der Waals surface area contributed by atoms with E-state index < -0.39 is 37.4 Å². The van der Waals surface area contributed by atoms with Gasteiger partial charge in [0.25, 0.3) is 0 Å². The van der Waals surface area contributed by atoms with Gasteiger partial charge in [-0.3, -0.25) is 10.1 Å². The highest BCUT2D eigenvalue weighted by Crippen LogP contribution is 2.27. The van der Waals surface area contributed by atoms with Gasteiger partial charge in [0.2, 0.25) is 15.8 Å². The quantitative estimate of drug-likeness (QED) is 0.618. The number of nitrogens with zero attached hydrogens (tertiary/aromatic N) is 1. The van der Waals surface area contributed by atoms with E-state index in [0.717, 1.165) is 31.0 Å². The number of halogens is 1. The maximum absolute atomic E-state index is 13.5. The number of benzene rings is 1. The van der Waals surface area contributed by atoms with Gasteiger partial charge in [-0.25, -0.2) is 13.1 Å². The minimum absolute atomic E-state index is 0.104. The van der Waals surface area contributed by atoms with Gasteiger partial charge in [-0.2, -0.15) is 4.39 Å². The fraction of sp³-hybridized carbons (Fsp3) is 0.538. The van der Waals surface area contributed by atoms with E-state index in [1.165, 1.54) is 0 Å². The lowest BCUT2D eigenvalue weighted by atomic mass is 9.96. The molecule has 1 rings (SSSR count). The molecule has 6 nitrogen and oxygen atoms in total. The second-order valence-electron chi connectivity index (χ2n) is 4.83. The number of hydrogen-bond acceptors (Lipinski definition) is 4. The first-order valence-electron chi connectivity index (χ1n) is 6.69. The summed E-state index contributed by atoms with van der Waals surface area (Å²) in [6, 6.07) is 2.64. The third kappa shape index (κ3) is 3.98. The van der Waals surface area contributed by atoms with Crippen molar-refractivity contribution in [3.8, 4) is 0 Å². The first-order valence-corrected chi connectivity index (χ1v) is 8.18. The van der Waals surface area contributed by atoms with Crippen molar-refractivity contribution in [2.45, 2.75) is 44.6 Å². The van der Waals surface area contributed by atoms with Gasteiger partial charge in [0.1, 0.15) is 0 Å². The Morgan fingerprint density at radius 2 is 1.90 bits per heavy atom. The van der Waals surface area contributed by atoms with Crippen LogP contribution in [0.15, 0.2) is 23.1 Å². The Morgan fingerprint density at radius 1 is 1.33 bits per heavy atom. The predicted octanol–water partition coefficient (Wildman–Crippen LogP) is 2.84. The molecule has 21 heavy (non-hydrogen) atoms. The maximum Gasteiger partial charge on any atom is 0.324 e. The molecule has 1 N–H and O–H groups in total. The number of para-hydroxylation sites is 1. The van der Waals surface area contributed by atoms with E-state index in [1.54, 1.807) is 6.92 Å². The molecule has 8 heteroatoms. The molecule has 0 amide bonds. The van der Waals surface area contributed by atoms with E-state index in [4.69, 9.17) is 0 Å². The molecule has 0 saturated heterocycles. The number of nitro groups is 1. The van der Waals surface area contributed by atoms with Gasteiger partial charge >= 0.3 is 5.69 Å². The highest BCUT2D eigenvalue weighted by molar-refractivity contribution is 7.89. The molecule has 1 aromatic carbocycles. The smallest absolute Gasteiger partial charge is 0.258 e. The first kappa shape index (κ1) is 17.5. The molecule has 1 unspecified atom stereocenters. The molecular weight excluding hydrogens is 299 g/mol. The SMILES string of the molecule is CCC(CC)C(C)NS(=O)(=O)c1cccc(F)c1[N+](=O)[O-]. The molecule has 0 spiro atoms. The molecule has 0 bridgehead atoms. The third-order valence-electron chi connectivity index (χ3n) is 3.52. The van der Waals surface area contributed by atoms with Crippen LogP contribution in [0.2, 0.25) is 0 Å². The molecular formula is C13H19FN2O4S. The lowest BCUT2D eigenvalue weighted by molar-refractivity contribution is -0.390. The van der Waals surface area contributed by atoms with Crippen molar-refractivity contribution in [1.29, 1.82) is 0 Å². The Balaban J connectivity index is 3.21. The van der Waals surface area contributed by atoms with Crippen molar-refractivity contribution in [2.75, 3.05) is 0 Å². The molecule has 1 aromatic rings. The van der Waals surface area contributed by atoms with Gasteiger partial charge in [-0.15, -0.1) is 0 Å². The summed E-state index contributed by atoms with van der Waals surface area (Å²) in [5, 5.41) is 10.9. The average molecular weight is 318 g/mol. The summed E-state index contributed by atoms with van der Waals surface area (Å²) >= 11 is 0. The van der Waals surface area contributed by atoms with Crippen LogP contribution in [0.4, 0.5) is 10.1 Å². The van der Waals surface area contributed by atoms with E-state index in [-0.39, 0.29) is 5.92 Å². The topological polar surface area (TPSA) is 89.3 Å². The van der Waals surface area contributed by atoms with E-state index >= 15 is 0 Å². The molecule has 1 atom stereocenters. The fourth-order valence-corrected chi connectivity index (χ4v) is 3.78. The number of hydrogen-bond donors (Lipinski definition) is 1. The second-order valence-corrected chi connectivity index (χ2v) is 6.51. The summed E-state index contributed by atoms with van der Waals surface area (Å²) in [6.07, 6.45) is 1.54. The fourth-order valence-electron chi connectivity index (χ4n) is 2.29. The number of sulfonamides is 1. The van der Waals surface area contributed by atoms with Crippen LogP contribution in [-0.4, -0.2) is 19.4 Å². The maximum atomic E-state index is 13.5. The second kappa shape index (κ2) is 6.95. The number of nitrogens with one attached hydrogen (secondary N) is 1. The van der Waals surface area contributed by atoms with Crippen LogP contribution in [0.5, 0.6) is 0 Å². The zero-order valence-electron chi connectivity index (χ0n) is 12.2. The molecule has 0 aromatic heterocycles. The molecule has 118 valence electrons. The Morgan fingerprint density at radius 3 is 2.38 bits per heavy atom. The predicted molar refractivity (Wildman–Crippen MR) is 76.9 cm³/mol. The van der Waals surface area contributed by atoms with Gasteiger partial charge in [0.15, 0.2) is 4.90 Å².